The van der Waals surface area contributed by atoms with Gasteiger partial charge in [0.15, 0.2) is 0 Å². The SMILES string of the molecule is C[C@@H]1CCCN(c2ccc([C@@H](C)O)cn2)C1. The maximum absolute atomic E-state index is 9.41. The number of aliphatic hydroxyl groups excluding tert-OH is 1. The Labute approximate surface area is 97.1 Å². The highest BCUT2D eigenvalue weighted by Gasteiger charge is 2.17. The lowest BCUT2D eigenvalue weighted by molar-refractivity contribution is 0.199. The van der Waals surface area contributed by atoms with Crippen LogP contribution in [0.25, 0.3) is 0 Å². The van der Waals surface area contributed by atoms with Crippen LogP contribution in [-0.2, 0) is 0 Å². The number of nitrogens with zero attached hydrogens (tertiary/aromatic N) is 2. The molecule has 0 amide bonds. The zero-order valence-electron chi connectivity index (χ0n) is 10.1. The van der Waals surface area contributed by atoms with Crippen molar-refractivity contribution in [2.75, 3.05) is 18.0 Å². The fourth-order valence-electron chi connectivity index (χ4n) is 2.23. The molecule has 0 aliphatic carbocycles. The van der Waals surface area contributed by atoms with Crippen molar-refractivity contribution in [1.82, 2.24) is 4.98 Å². The Morgan fingerprint density at radius 3 is 2.88 bits per heavy atom. The van der Waals surface area contributed by atoms with Gasteiger partial charge in [0, 0.05) is 19.3 Å². The number of hydrogen-bond acceptors (Lipinski definition) is 3. The predicted octanol–water partition coefficient (Wildman–Crippen LogP) is 2.37. The van der Waals surface area contributed by atoms with Crippen LogP contribution < -0.4 is 4.90 Å². The summed E-state index contributed by atoms with van der Waals surface area (Å²) in [6.45, 7) is 6.25. The molecule has 1 fully saturated rings. The van der Waals surface area contributed by atoms with Crippen LogP contribution in [0.15, 0.2) is 18.3 Å². The first kappa shape index (κ1) is 11.4. The average Bonchev–Trinajstić information content (AvgIpc) is 2.29. The Hall–Kier alpha value is -1.09. The van der Waals surface area contributed by atoms with Crippen molar-refractivity contribution < 1.29 is 5.11 Å². The van der Waals surface area contributed by atoms with Gasteiger partial charge in [-0.15, -0.1) is 0 Å². The second kappa shape index (κ2) is 4.83. The third kappa shape index (κ3) is 2.53. The van der Waals surface area contributed by atoms with Crippen molar-refractivity contribution in [3.63, 3.8) is 0 Å². The van der Waals surface area contributed by atoms with E-state index in [9.17, 15) is 5.11 Å². The second-order valence-electron chi connectivity index (χ2n) is 4.82. The molecule has 0 saturated carbocycles. The fourth-order valence-corrected chi connectivity index (χ4v) is 2.23. The van der Waals surface area contributed by atoms with Gasteiger partial charge in [0.25, 0.3) is 0 Å². The number of rotatable bonds is 2. The van der Waals surface area contributed by atoms with Gasteiger partial charge in [0.2, 0.25) is 0 Å². The molecule has 0 bridgehead atoms. The smallest absolute Gasteiger partial charge is 0.128 e. The second-order valence-corrected chi connectivity index (χ2v) is 4.82. The minimum atomic E-state index is -0.429. The lowest BCUT2D eigenvalue weighted by Gasteiger charge is -2.31. The molecular weight excluding hydrogens is 200 g/mol. The van der Waals surface area contributed by atoms with E-state index >= 15 is 0 Å². The molecule has 0 spiro atoms. The van der Waals surface area contributed by atoms with Gasteiger partial charge in [-0.2, -0.15) is 0 Å². The summed E-state index contributed by atoms with van der Waals surface area (Å²) in [5.41, 5.74) is 0.883. The minimum Gasteiger partial charge on any atom is -0.389 e. The first-order chi connectivity index (χ1) is 7.66. The molecular formula is C13H20N2O. The molecule has 2 atom stereocenters. The quantitative estimate of drug-likeness (QED) is 0.831. The average molecular weight is 220 g/mol. The number of piperidine rings is 1. The van der Waals surface area contributed by atoms with E-state index in [0.717, 1.165) is 30.4 Å². The molecule has 1 aromatic rings. The van der Waals surface area contributed by atoms with E-state index < -0.39 is 6.10 Å². The highest BCUT2D eigenvalue weighted by Crippen LogP contribution is 2.22. The molecule has 2 heterocycles. The van der Waals surface area contributed by atoms with Gasteiger partial charge < -0.3 is 10.0 Å². The van der Waals surface area contributed by atoms with E-state index in [2.05, 4.69) is 16.8 Å². The lowest BCUT2D eigenvalue weighted by atomic mass is 10.0. The molecule has 0 aromatic carbocycles. The molecule has 1 saturated heterocycles. The molecule has 1 aliphatic rings. The summed E-state index contributed by atoms with van der Waals surface area (Å²) in [4.78, 5) is 6.76. The number of anilines is 1. The van der Waals surface area contributed by atoms with Crippen molar-refractivity contribution in [1.29, 1.82) is 0 Å². The summed E-state index contributed by atoms with van der Waals surface area (Å²) in [5.74, 6) is 1.79. The van der Waals surface area contributed by atoms with Crippen molar-refractivity contribution in [2.45, 2.75) is 32.8 Å². The lowest BCUT2D eigenvalue weighted by Crippen LogP contribution is -2.34. The highest BCUT2D eigenvalue weighted by molar-refractivity contribution is 5.40. The van der Waals surface area contributed by atoms with Crippen LogP contribution in [0.5, 0.6) is 0 Å². The van der Waals surface area contributed by atoms with Crippen LogP contribution in [0, 0.1) is 5.92 Å². The van der Waals surface area contributed by atoms with Crippen LogP contribution in [0.1, 0.15) is 38.4 Å². The molecule has 1 aliphatic heterocycles. The number of pyridine rings is 1. The summed E-state index contributed by atoms with van der Waals surface area (Å²) in [6.07, 6.45) is 3.92. The number of aliphatic hydroxyl groups is 1. The van der Waals surface area contributed by atoms with Crippen LogP contribution >= 0.6 is 0 Å². The maximum Gasteiger partial charge on any atom is 0.128 e. The Morgan fingerprint density at radius 2 is 2.31 bits per heavy atom. The standard InChI is InChI=1S/C13H20N2O/c1-10-4-3-7-15(9-10)13-6-5-12(8-14-13)11(2)16/h5-6,8,10-11,16H,3-4,7,9H2,1-2H3/t10-,11-/m1/s1. The largest absolute Gasteiger partial charge is 0.389 e. The topological polar surface area (TPSA) is 36.4 Å². The monoisotopic (exact) mass is 220 g/mol. The van der Waals surface area contributed by atoms with Crippen molar-refractivity contribution in [3.05, 3.63) is 23.9 Å². The Bertz CT molecular complexity index is 334. The number of hydrogen-bond donors (Lipinski definition) is 1. The van der Waals surface area contributed by atoms with Gasteiger partial charge in [-0.1, -0.05) is 13.0 Å². The molecule has 0 radical (unpaired) electrons. The zero-order chi connectivity index (χ0) is 11.5. The molecule has 16 heavy (non-hydrogen) atoms. The molecule has 88 valence electrons. The molecule has 1 N–H and O–H groups in total. The first-order valence-corrected chi connectivity index (χ1v) is 6.06. The first-order valence-electron chi connectivity index (χ1n) is 6.06. The normalized spacial score (nSPS) is 23.2. The maximum atomic E-state index is 9.41. The zero-order valence-corrected chi connectivity index (χ0v) is 10.1. The van der Waals surface area contributed by atoms with Crippen LogP contribution in [0.4, 0.5) is 5.82 Å². The molecule has 0 unspecified atom stereocenters. The molecule has 3 nitrogen and oxygen atoms in total. The van der Waals surface area contributed by atoms with Crippen LogP contribution in [0.3, 0.4) is 0 Å². The highest BCUT2D eigenvalue weighted by atomic mass is 16.3. The number of aromatic nitrogens is 1. The van der Waals surface area contributed by atoms with E-state index in [4.69, 9.17) is 0 Å². The summed E-state index contributed by atoms with van der Waals surface area (Å²) in [7, 11) is 0. The molecule has 2 rings (SSSR count). The van der Waals surface area contributed by atoms with Crippen LogP contribution in [0.2, 0.25) is 0 Å². The third-order valence-electron chi connectivity index (χ3n) is 3.23. The Morgan fingerprint density at radius 1 is 1.50 bits per heavy atom. The van der Waals surface area contributed by atoms with Crippen molar-refractivity contribution >= 4 is 5.82 Å². The fraction of sp³-hybridized carbons (Fsp3) is 0.615. The van der Waals surface area contributed by atoms with Crippen molar-refractivity contribution in [3.8, 4) is 0 Å². The molecule has 1 aromatic heterocycles. The molecule has 3 heteroatoms. The summed E-state index contributed by atoms with van der Waals surface area (Å²) < 4.78 is 0. The summed E-state index contributed by atoms with van der Waals surface area (Å²) >= 11 is 0. The third-order valence-corrected chi connectivity index (χ3v) is 3.23. The van der Waals surface area contributed by atoms with E-state index in [1.807, 2.05) is 12.1 Å². The van der Waals surface area contributed by atoms with Crippen LogP contribution in [-0.4, -0.2) is 23.2 Å². The predicted molar refractivity (Wildman–Crippen MR) is 65.5 cm³/mol. The Balaban J connectivity index is 2.09. The van der Waals surface area contributed by atoms with Gasteiger partial charge in [-0.25, -0.2) is 4.98 Å². The minimum absolute atomic E-state index is 0.429. The van der Waals surface area contributed by atoms with Gasteiger partial charge in [0.1, 0.15) is 5.82 Å². The van der Waals surface area contributed by atoms with Gasteiger partial charge in [-0.3, -0.25) is 0 Å². The van der Waals surface area contributed by atoms with E-state index in [0.29, 0.717) is 0 Å². The van der Waals surface area contributed by atoms with E-state index in [-0.39, 0.29) is 0 Å². The van der Waals surface area contributed by atoms with Gasteiger partial charge >= 0.3 is 0 Å². The summed E-state index contributed by atoms with van der Waals surface area (Å²) in [5, 5.41) is 9.41. The van der Waals surface area contributed by atoms with E-state index in [1.54, 1.807) is 13.1 Å². The van der Waals surface area contributed by atoms with E-state index in [1.165, 1.54) is 12.8 Å². The summed E-state index contributed by atoms with van der Waals surface area (Å²) in [6, 6.07) is 3.98. The Kier molecular flexibility index (Phi) is 3.44. The van der Waals surface area contributed by atoms with Gasteiger partial charge in [0.05, 0.1) is 6.10 Å². The van der Waals surface area contributed by atoms with Gasteiger partial charge in [-0.05, 0) is 37.3 Å². The van der Waals surface area contributed by atoms with Crippen molar-refractivity contribution in [2.24, 2.45) is 5.92 Å².